The third kappa shape index (κ3) is 3.87. The summed E-state index contributed by atoms with van der Waals surface area (Å²) in [6, 6.07) is 14.2. The molecule has 10 atom stereocenters. The number of fused-ring (bicyclic) bond motifs is 6. The van der Waals surface area contributed by atoms with E-state index in [1.54, 1.807) is 6.92 Å². The predicted molar refractivity (Wildman–Crippen MR) is 164 cm³/mol. The van der Waals surface area contributed by atoms with Crippen LogP contribution in [-0.2, 0) is 14.3 Å². The Morgan fingerprint density at radius 3 is 2.26 bits per heavy atom. The topological polar surface area (TPSA) is 110 Å². The fourth-order valence-corrected chi connectivity index (χ4v) is 10.7. The normalized spacial score (nSPS) is 44.1. The molecule has 0 saturated heterocycles. The van der Waals surface area contributed by atoms with Gasteiger partial charge in [-0.3, -0.25) is 9.59 Å². The molecule has 0 heterocycles. The number of Topliss-reactive ketones (excluding diaryl/α,β-unsaturated/α-hetero) is 1. The van der Waals surface area contributed by atoms with Crippen molar-refractivity contribution in [2.75, 3.05) is 0 Å². The van der Waals surface area contributed by atoms with Crippen LogP contribution in [0.5, 0.6) is 0 Å². The lowest BCUT2D eigenvalue weighted by molar-refractivity contribution is -0.241. The molecule has 6 heteroatoms. The van der Waals surface area contributed by atoms with Gasteiger partial charge in [0.1, 0.15) is 6.10 Å². The summed E-state index contributed by atoms with van der Waals surface area (Å²) >= 11 is 0. The Balaban J connectivity index is 1.53. The first-order valence-corrected chi connectivity index (χ1v) is 15.7. The Hall–Kier alpha value is -2.54. The van der Waals surface area contributed by atoms with Crippen molar-refractivity contribution in [1.29, 1.82) is 0 Å². The van der Waals surface area contributed by atoms with Gasteiger partial charge in [0.25, 0.3) is 0 Å². The van der Waals surface area contributed by atoms with Crippen LogP contribution in [0.2, 0.25) is 0 Å². The second-order valence-corrected chi connectivity index (χ2v) is 14.8. The van der Waals surface area contributed by atoms with Crippen LogP contribution in [-0.4, -0.2) is 45.8 Å². The lowest BCUT2D eigenvalue weighted by atomic mass is 9.34. The summed E-state index contributed by atoms with van der Waals surface area (Å²) in [5.74, 6) is -0.712. The van der Waals surface area contributed by atoms with Crippen LogP contribution < -0.4 is 5.73 Å². The average Bonchev–Trinajstić information content (AvgIpc) is 3.20. The monoisotopic (exact) mass is 573 g/mol. The van der Waals surface area contributed by atoms with E-state index in [1.165, 1.54) is 6.92 Å². The molecule has 0 bridgehead atoms. The van der Waals surface area contributed by atoms with Crippen molar-refractivity contribution in [2.45, 2.75) is 104 Å². The highest BCUT2D eigenvalue weighted by molar-refractivity contribution is 6.21. The van der Waals surface area contributed by atoms with E-state index in [2.05, 4.69) is 39.8 Å². The van der Waals surface area contributed by atoms with E-state index in [0.717, 1.165) is 41.2 Å². The third-order valence-electron chi connectivity index (χ3n) is 13.1. The molecule has 4 N–H and O–H groups in total. The Labute approximate surface area is 249 Å². The number of nitrogens with two attached hydrogens (primary N) is 1. The number of ether oxygens (including phenoxy) is 1. The number of rotatable bonds is 3. The van der Waals surface area contributed by atoms with Gasteiger partial charge in [-0.2, -0.15) is 0 Å². The molecule has 226 valence electrons. The number of hydrogen-bond acceptors (Lipinski definition) is 6. The van der Waals surface area contributed by atoms with Gasteiger partial charge in [-0.15, -0.1) is 0 Å². The number of ketones is 1. The van der Waals surface area contributed by atoms with E-state index >= 15 is 0 Å². The van der Waals surface area contributed by atoms with Crippen LogP contribution in [0.1, 0.15) is 85.6 Å². The zero-order chi connectivity index (χ0) is 30.4. The highest BCUT2D eigenvalue weighted by atomic mass is 16.5. The Morgan fingerprint density at radius 1 is 0.905 bits per heavy atom. The Morgan fingerprint density at radius 2 is 1.60 bits per heavy atom. The van der Waals surface area contributed by atoms with Crippen molar-refractivity contribution in [1.82, 2.24) is 0 Å². The predicted octanol–water partition coefficient (Wildman–Crippen LogP) is 5.82. The van der Waals surface area contributed by atoms with Gasteiger partial charge in [0, 0.05) is 24.0 Å². The largest absolute Gasteiger partial charge is 0.458 e. The molecule has 0 unspecified atom stereocenters. The van der Waals surface area contributed by atoms with Crippen LogP contribution in [0.3, 0.4) is 0 Å². The Bertz CT molecular complexity index is 1480. The quantitative estimate of drug-likeness (QED) is 0.316. The molecule has 0 spiro atoms. The minimum atomic E-state index is -0.639. The maximum atomic E-state index is 13.6. The van der Waals surface area contributed by atoms with Crippen LogP contribution >= 0.6 is 0 Å². The van der Waals surface area contributed by atoms with Gasteiger partial charge in [-0.25, -0.2) is 0 Å². The zero-order valence-electron chi connectivity index (χ0n) is 25.9. The molecule has 4 saturated carbocycles. The molecule has 0 aliphatic heterocycles. The zero-order valence-corrected chi connectivity index (χ0v) is 25.9. The van der Waals surface area contributed by atoms with Crippen LogP contribution in [0.4, 0.5) is 0 Å². The molecule has 6 rings (SSSR count). The summed E-state index contributed by atoms with van der Waals surface area (Å²) in [5.41, 5.74) is 7.97. The van der Waals surface area contributed by atoms with E-state index in [1.807, 2.05) is 30.3 Å². The van der Waals surface area contributed by atoms with Crippen molar-refractivity contribution in [3.05, 3.63) is 53.6 Å². The number of esters is 1. The van der Waals surface area contributed by atoms with Gasteiger partial charge in [0.2, 0.25) is 0 Å². The number of hydrogen-bond donors (Lipinski definition) is 3. The molecule has 4 aliphatic carbocycles. The molecular formula is C36H47NO5. The van der Waals surface area contributed by atoms with Crippen LogP contribution in [0, 0.1) is 34.0 Å². The fourth-order valence-electron chi connectivity index (χ4n) is 10.7. The summed E-state index contributed by atoms with van der Waals surface area (Å²) in [5, 5.41) is 25.2. The maximum Gasteiger partial charge on any atom is 0.303 e. The number of benzene rings is 2. The van der Waals surface area contributed by atoms with Gasteiger partial charge in [0.15, 0.2) is 5.78 Å². The lowest BCUT2D eigenvalue weighted by Gasteiger charge is -2.71. The molecule has 6 nitrogen and oxygen atoms in total. The summed E-state index contributed by atoms with van der Waals surface area (Å²) < 4.78 is 6.08. The highest BCUT2D eigenvalue weighted by Gasteiger charge is 2.73. The van der Waals surface area contributed by atoms with Crippen molar-refractivity contribution >= 4 is 28.1 Å². The van der Waals surface area contributed by atoms with Gasteiger partial charge >= 0.3 is 5.97 Å². The van der Waals surface area contributed by atoms with Crippen molar-refractivity contribution < 1.29 is 24.5 Å². The molecule has 2 aromatic carbocycles. The first kappa shape index (κ1) is 29.5. The molecule has 0 aromatic heterocycles. The minimum Gasteiger partial charge on any atom is -0.458 e. The second-order valence-electron chi connectivity index (χ2n) is 14.8. The van der Waals surface area contributed by atoms with Crippen molar-refractivity contribution in [3.8, 4) is 0 Å². The highest BCUT2D eigenvalue weighted by Crippen LogP contribution is 2.75. The van der Waals surface area contributed by atoms with Gasteiger partial charge in [-0.1, -0.05) is 64.1 Å². The minimum absolute atomic E-state index is 0.0601. The number of aliphatic hydroxyl groups excluding tert-OH is 2. The van der Waals surface area contributed by atoms with E-state index < -0.39 is 23.9 Å². The molecule has 0 amide bonds. The van der Waals surface area contributed by atoms with Crippen LogP contribution in [0.25, 0.3) is 16.3 Å². The van der Waals surface area contributed by atoms with E-state index in [9.17, 15) is 19.8 Å². The molecule has 0 radical (unpaired) electrons. The van der Waals surface area contributed by atoms with E-state index in [4.69, 9.17) is 10.5 Å². The van der Waals surface area contributed by atoms with Crippen LogP contribution in [0.15, 0.2) is 48.0 Å². The maximum absolute atomic E-state index is 13.6. The molecule has 2 aromatic rings. The fraction of sp³-hybridized carbons (Fsp3) is 0.611. The Kier molecular flexibility index (Phi) is 6.84. The third-order valence-corrected chi connectivity index (χ3v) is 13.1. The van der Waals surface area contributed by atoms with Gasteiger partial charge in [0.05, 0.1) is 12.2 Å². The summed E-state index contributed by atoms with van der Waals surface area (Å²) in [6.07, 6.45) is 2.45. The summed E-state index contributed by atoms with van der Waals surface area (Å²) in [4.78, 5) is 26.1. The number of carbonyl (C=O) groups excluding carboxylic acids is 2. The number of carbonyl (C=O) groups is 2. The first-order valence-electron chi connectivity index (χ1n) is 15.7. The van der Waals surface area contributed by atoms with Gasteiger partial charge in [-0.05, 0) is 102 Å². The van der Waals surface area contributed by atoms with E-state index in [-0.39, 0.29) is 45.8 Å². The SMILES string of the molecule is CC(=O)O[C@H]1C[C@@]2(C)[C@@H](C[C@@H](O)[C@@H]3[C@]2(C)CC[C@@]2(N)[C@H](C)[C@H](O)CC[C@]32C)/C1=C(/C(C)=O)c1ccc2ccccc2c1. The van der Waals surface area contributed by atoms with Crippen molar-refractivity contribution in [2.24, 2.45) is 39.7 Å². The smallest absolute Gasteiger partial charge is 0.303 e. The molecular weight excluding hydrogens is 526 g/mol. The number of allylic oxidation sites excluding steroid dienone is 1. The molecule has 4 aliphatic rings. The van der Waals surface area contributed by atoms with Crippen molar-refractivity contribution in [3.63, 3.8) is 0 Å². The molecule has 42 heavy (non-hydrogen) atoms. The first-order chi connectivity index (χ1) is 19.7. The molecule has 4 fully saturated rings. The van der Waals surface area contributed by atoms with E-state index in [0.29, 0.717) is 24.8 Å². The standard InChI is InChI=1S/C36H47NO5/c1-20-27(40)13-14-34(5)32-28(41)18-26-31(30(21(2)38)25-12-11-23-9-7-8-10-24(23)17-25)29(42-22(3)39)19-35(26,6)33(32,4)15-16-36(20,34)37/h7-12,17,20,26-29,32,40-41H,13-16,18-19,37H2,1-6H3/b31-30+/t20-,26+,27-,28-,29+,32-,33+,34-,35+,36-/m1/s1. The average molecular weight is 574 g/mol. The second kappa shape index (κ2) is 9.73. The van der Waals surface area contributed by atoms with Gasteiger partial charge < -0.3 is 20.7 Å². The summed E-state index contributed by atoms with van der Waals surface area (Å²) in [7, 11) is 0. The number of aliphatic hydroxyl groups is 2. The lowest BCUT2D eigenvalue weighted by Crippen LogP contribution is -2.75. The summed E-state index contributed by atoms with van der Waals surface area (Å²) in [6.45, 7) is 12.0.